The fourth-order valence-electron chi connectivity index (χ4n) is 2.08. The SMILES string of the molecule is CCOc1ccc(NC(=O)CC(NC(N)=O)c2cccs2)cc1. The van der Waals surface area contributed by atoms with Gasteiger partial charge in [0.05, 0.1) is 19.1 Å². The van der Waals surface area contributed by atoms with Crippen LogP contribution in [0, 0.1) is 0 Å². The number of carbonyl (C=O) groups excluding carboxylic acids is 2. The summed E-state index contributed by atoms with van der Waals surface area (Å²) in [5, 5.41) is 7.27. The van der Waals surface area contributed by atoms with Crippen molar-refractivity contribution in [1.29, 1.82) is 0 Å². The highest BCUT2D eigenvalue weighted by atomic mass is 32.1. The van der Waals surface area contributed by atoms with E-state index in [0.29, 0.717) is 12.3 Å². The van der Waals surface area contributed by atoms with E-state index < -0.39 is 12.1 Å². The number of benzene rings is 1. The van der Waals surface area contributed by atoms with Gasteiger partial charge in [-0.15, -0.1) is 11.3 Å². The average Bonchev–Trinajstić information content (AvgIpc) is 3.02. The van der Waals surface area contributed by atoms with E-state index in [0.717, 1.165) is 10.6 Å². The maximum atomic E-state index is 12.2. The smallest absolute Gasteiger partial charge is 0.312 e. The molecule has 1 atom stereocenters. The second kappa shape index (κ2) is 8.19. The third kappa shape index (κ3) is 5.30. The van der Waals surface area contributed by atoms with Gasteiger partial charge in [0.25, 0.3) is 0 Å². The quantitative estimate of drug-likeness (QED) is 0.727. The first-order chi connectivity index (χ1) is 11.1. The van der Waals surface area contributed by atoms with Gasteiger partial charge in [0.1, 0.15) is 5.75 Å². The standard InChI is InChI=1S/C16H19N3O3S/c1-2-22-12-7-5-11(6-8-12)18-15(20)10-13(19-16(17)21)14-4-3-9-23-14/h3-9,13H,2,10H2,1H3,(H,18,20)(H3,17,19,21). The van der Waals surface area contributed by atoms with E-state index in [1.165, 1.54) is 11.3 Å². The molecule has 0 aliphatic carbocycles. The number of thiophene rings is 1. The van der Waals surface area contributed by atoms with E-state index in [9.17, 15) is 9.59 Å². The lowest BCUT2D eigenvalue weighted by atomic mass is 10.1. The number of rotatable bonds is 7. The molecule has 0 saturated heterocycles. The molecule has 1 aromatic heterocycles. The van der Waals surface area contributed by atoms with Gasteiger partial charge in [-0.2, -0.15) is 0 Å². The lowest BCUT2D eigenvalue weighted by molar-refractivity contribution is -0.116. The third-order valence-electron chi connectivity index (χ3n) is 3.04. The topological polar surface area (TPSA) is 93.4 Å². The zero-order chi connectivity index (χ0) is 16.7. The van der Waals surface area contributed by atoms with Crippen LogP contribution in [0.4, 0.5) is 10.5 Å². The Labute approximate surface area is 138 Å². The molecular weight excluding hydrogens is 314 g/mol. The molecular formula is C16H19N3O3S. The first-order valence-corrected chi connectivity index (χ1v) is 8.08. The summed E-state index contributed by atoms with van der Waals surface area (Å²) in [6.45, 7) is 2.50. The van der Waals surface area contributed by atoms with Crippen molar-refractivity contribution in [3.05, 3.63) is 46.7 Å². The molecule has 3 amide bonds. The number of amides is 3. The Morgan fingerprint density at radius 2 is 2.00 bits per heavy atom. The van der Waals surface area contributed by atoms with Gasteiger partial charge in [-0.25, -0.2) is 4.79 Å². The van der Waals surface area contributed by atoms with E-state index in [2.05, 4.69) is 10.6 Å². The van der Waals surface area contributed by atoms with Crippen molar-refractivity contribution in [1.82, 2.24) is 5.32 Å². The minimum absolute atomic E-state index is 0.108. The van der Waals surface area contributed by atoms with E-state index in [4.69, 9.17) is 10.5 Å². The Hall–Kier alpha value is -2.54. The second-order valence-corrected chi connectivity index (χ2v) is 5.77. The molecule has 1 heterocycles. The molecule has 1 unspecified atom stereocenters. The van der Waals surface area contributed by atoms with E-state index >= 15 is 0 Å². The van der Waals surface area contributed by atoms with Crippen LogP contribution < -0.4 is 21.1 Å². The molecule has 0 radical (unpaired) electrons. The van der Waals surface area contributed by atoms with Gasteiger partial charge in [0, 0.05) is 10.6 Å². The zero-order valence-corrected chi connectivity index (χ0v) is 13.6. The number of carbonyl (C=O) groups is 2. The molecule has 0 aliphatic heterocycles. The van der Waals surface area contributed by atoms with Crippen LogP contribution in [0.15, 0.2) is 41.8 Å². The molecule has 122 valence electrons. The molecule has 1 aromatic carbocycles. The van der Waals surface area contributed by atoms with Crippen molar-refractivity contribution in [3.63, 3.8) is 0 Å². The first-order valence-electron chi connectivity index (χ1n) is 7.20. The van der Waals surface area contributed by atoms with Crippen molar-refractivity contribution < 1.29 is 14.3 Å². The van der Waals surface area contributed by atoms with Gasteiger partial charge >= 0.3 is 6.03 Å². The number of anilines is 1. The Morgan fingerprint density at radius 3 is 2.57 bits per heavy atom. The number of urea groups is 1. The maximum absolute atomic E-state index is 12.2. The van der Waals surface area contributed by atoms with Crippen molar-refractivity contribution in [2.75, 3.05) is 11.9 Å². The van der Waals surface area contributed by atoms with Crippen molar-refractivity contribution >= 4 is 29.0 Å². The minimum Gasteiger partial charge on any atom is -0.494 e. The molecule has 7 heteroatoms. The largest absolute Gasteiger partial charge is 0.494 e. The van der Waals surface area contributed by atoms with Gasteiger partial charge in [-0.1, -0.05) is 6.07 Å². The fraction of sp³-hybridized carbons (Fsp3) is 0.250. The van der Waals surface area contributed by atoms with Crippen LogP contribution in [0.25, 0.3) is 0 Å². The summed E-state index contributed by atoms with van der Waals surface area (Å²) >= 11 is 1.46. The Morgan fingerprint density at radius 1 is 1.26 bits per heavy atom. The van der Waals surface area contributed by atoms with Gasteiger partial charge < -0.3 is 21.1 Å². The van der Waals surface area contributed by atoms with Crippen molar-refractivity contribution in [3.8, 4) is 5.75 Å². The summed E-state index contributed by atoms with van der Waals surface area (Å²) in [4.78, 5) is 24.2. The third-order valence-corrected chi connectivity index (χ3v) is 4.03. The lowest BCUT2D eigenvalue weighted by Gasteiger charge is -2.16. The van der Waals surface area contributed by atoms with Crippen LogP contribution in [0.5, 0.6) is 5.75 Å². The number of nitrogens with two attached hydrogens (primary N) is 1. The normalized spacial score (nSPS) is 11.5. The summed E-state index contributed by atoms with van der Waals surface area (Å²) < 4.78 is 5.35. The molecule has 0 aliphatic rings. The Balaban J connectivity index is 1.97. The lowest BCUT2D eigenvalue weighted by Crippen LogP contribution is -2.34. The predicted molar refractivity (Wildman–Crippen MR) is 90.6 cm³/mol. The summed E-state index contributed by atoms with van der Waals surface area (Å²) in [6, 6.07) is 9.74. The first kappa shape index (κ1) is 16.8. The van der Waals surface area contributed by atoms with E-state index in [1.54, 1.807) is 24.3 Å². The highest BCUT2D eigenvalue weighted by Gasteiger charge is 2.18. The number of hydrogen-bond acceptors (Lipinski definition) is 4. The van der Waals surface area contributed by atoms with E-state index in [-0.39, 0.29) is 12.3 Å². The number of hydrogen-bond donors (Lipinski definition) is 3. The van der Waals surface area contributed by atoms with Gasteiger partial charge in [-0.05, 0) is 42.6 Å². The van der Waals surface area contributed by atoms with Gasteiger partial charge in [0.15, 0.2) is 0 Å². The molecule has 0 spiro atoms. The molecule has 23 heavy (non-hydrogen) atoms. The molecule has 4 N–H and O–H groups in total. The summed E-state index contributed by atoms with van der Waals surface area (Å²) in [7, 11) is 0. The van der Waals surface area contributed by atoms with Crippen LogP contribution >= 0.6 is 11.3 Å². The molecule has 2 rings (SSSR count). The summed E-state index contributed by atoms with van der Waals surface area (Å²) in [5.74, 6) is 0.540. The van der Waals surface area contributed by atoms with Crippen LogP contribution in [-0.4, -0.2) is 18.5 Å². The Kier molecular flexibility index (Phi) is 5.99. The molecule has 2 aromatic rings. The second-order valence-electron chi connectivity index (χ2n) is 4.79. The summed E-state index contributed by atoms with van der Waals surface area (Å²) in [5.41, 5.74) is 5.85. The number of nitrogens with one attached hydrogen (secondary N) is 2. The van der Waals surface area contributed by atoms with Gasteiger partial charge in [0.2, 0.25) is 5.91 Å². The van der Waals surface area contributed by atoms with Crippen LogP contribution in [0.1, 0.15) is 24.3 Å². The van der Waals surface area contributed by atoms with Crippen LogP contribution in [0.2, 0.25) is 0 Å². The molecule has 6 nitrogen and oxygen atoms in total. The zero-order valence-electron chi connectivity index (χ0n) is 12.7. The average molecular weight is 333 g/mol. The highest BCUT2D eigenvalue weighted by Crippen LogP contribution is 2.23. The van der Waals surface area contributed by atoms with Crippen LogP contribution in [0.3, 0.4) is 0 Å². The summed E-state index contributed by atoms with van der Waals surface area (Å²) in [6.07, 6.45) is 0.108. The monoisotopic (exact) mass is 333 g/mol. The Bertz CT molecular complexity index is 641. The molecule has 0 fully saturated rings. The number of primary amides is 1. The highest BCUT2D eigenvalue weighted by molar-refractivity contribution is 7.10. The predicted octanol–water partition coefficient (Wildman–Crippen LogP) is 2.89. The van der Waals surface area contributed by atoms with Crippen molar-refractivity contribution in [2.24, 2.45) is 5.73 Å². The maximum Gasteiger partial charge on any atom is 0.312 e. The molecule has 0 saturated carbocycles. The number of ether oxygens (including phenoxy) is 1. The van der Waals surface area contributed by atoms with E-state index in [1.807, 2.05) is 24.4 Å². The fourth-order valence-corrected chi connectivity index (χ4v) is 2.86. The van der Waals surface area contributed by atoms with Crippen LogP contribution in [-0.2, 0) is 4.79 Å². The van der Waals surface area contributed by atoms with Gasteiger partial charge in [-0.3, -0.25) is 4.79 Å². The van der Waals surface area contributed by atoms with Crippen molar-refractivity contribution in [2.45, 2.75) is 19.4 Å². The molecule has 0 bridgehead atoms. The minimum atomic E-state index is -0.655.